The van der Waals surface area contributed by atoms with Crippen LogP contribution in [0, 0.1) is 0 Å². The zero-order chi connectivity index (χ0) is 24.1. The fraction of sp³-hybridized carbons (Fsp3) is 0.231. The van der Waals surface area contributed by atoms with Crippen molar-refractivity contribution in [2.45, 2.75) is 19.8 Å². The Hall–Kier alpha value is -4.20. The normalized spacial score (nSPS) is 13.0. The van der Waals surface area contributed by atoms with Crippen LogP contribution in [0.1, 0.15) is 24.5 Å². The summed E-state index contributed by atoms with van der Waals surface area (Å²) >= 11 is 0. The molecule has 34 heavy (non-hydrogen) atoms. The third kappa shape index (κ3) is 4.91. The third-order valence-corrected chi connectivity index (χ3v) is 5.58. The molecule has 3 aromatic rings. The molecule has 174 valence electrons. The Bertz CT molecular complexity index is 1240. The number of aromatic nitrogens is 1. The summed E-state index contributed by atoms with van der Waals surface area (Å²) in [5.74, 6) is 0.767. The highest BCUT2D eigenvalue weighted by atomic mass is 16.5. The highest BCUT2D eigenvalue weighted by molar-refractivity contribution is 6.18. The van der Waals surface area contributed by atoms with Crippen LogP contribution >= 0.6 is 0 Å². The molecule has 0 saturated carbocycles. The van der Waals surface area contributed by atoms with Gasteiger partial charge in [0.05, 0.1) is 32.0 Å². The van der Waals surface area contributed by atoms with Crippen molar-refractivity contribution in [2.75, 3.05) is 31.0 Å². The van der Waals surface area contributed by atoms with E-state index in [0.717, 1.165) is 12.0 Å². The van der Waals surface area contributed by atoms with Gasteiger partial charge in [-0.2, -0.15) is 0 Å². The van der Waals surface area contributed by atoms with E-state index in [0.29, 0.717) is 34.4 Å². The molecule has 0 spiro atoms. The maximum Gasteiger partial charge on any atom is 0.244 e. The number of anilines is 2. The molecule has 1 aliphatic rings. The van der Waals surface area contributed by atoms with Gasteiger partial charge in [0.25, 0.3) is 0 Å². The first-order chi connectivity index (χ1) is 16.5. The molecule has 0 radical (unpaired) electrons. The largest absolute Gasteiger partial charge is 0.497 e. The van der Waals surface area contributed by atoms with Crippen molar-refractivity contribution < 1.29 is 19.1 Å². The van der Waals surface area contributed by atoms with Crippen molar-refractivity contribution in [1.29, 1.82) is 0 Å². The summed E-state index contributed by atoms with van der Waals surface area (Å²) < 4.78 is 10.5. The Morgan fingerprint density at radius 3 is 2.59 bits per heavy atom. The number of rotatable bonds is 7. The van der Waals surface area contributed by atoms with E-state index in [9.17, 15) is 9.59 Å². The average Bonchev–Trinajstić information content (AvgIpc) is 3.00. The second kappa shape index (κ2) is 10.2. The molecule has 1 N–H and O–H groups in total. The van der Waals surface area contributed by atoms with Gasteiger partial charge >= 0.3 is 0 Å². The van der Waals surface area contributed by atoms with Gasteiger partial charge in [0.1, 0.15) is 23.7 Å². The molecule has 4 rings (SSSR count). The molecule has 0 fully saturated rings. The van der Waals surface area contributed by atoms with Crippen LogP contribution in [0.2, 0.25) is 0 Å². The predicted octanol–water partition coefficient (Wildman–Crippen LogP) is 4.16. The zero-order valence-corrected chi connectivity index (χ0v) is 19.4. The number of ether oxygens (including phenoxy) is 2. The lowest BCUT2D eigenvalue weighted by molar-refractivity contribution is -0.120. The molecule has 8 nitrogen and oxygen atoms in total. The minimum Gasteiger partial charge on any atom is -0.497 e. The number of carbonyl (C=O) groups excluding carboxylic acids is 2. The number of amides is 2. The quantitative estimate of drug-likeness (QED) is 0.574. The number of carbonyl (C=O) groups is 2. The van der Waals surface area contributed by atoms with E-state index < -0.39 is 0 Å². The van der Waals surface area contributed by atoms with E-state index in [1.165, 1.54) is 17.6 Å². The van der Waals surface area contributed by atoms with Gasteiger partial charge in [-0.05, 0) is 41.8 Å². The van der Waals surface area contributed by atoms with E-state index >= 15 is 0 Å². The fourth-order valence-corrected chi connectivity index (χ4v) is 3.72. The number of nitrogens with one attached hydrogen (secondary N) is 1. The van der Waals surface area contributed by atoms with Gasteiger partial charge in [-0.25, -0.2) is 9.98 Å². The van der Waals surface area contributed by atoms with Crippen LogP contribution < -0.4 is 19.7 Å². The minimum atomic E-state index is -0.385. The minimum absolute atomic E-state index is 0.0565. The summed E-state index contributed by atoms with van der Waals surface area (Å²) in [7, 11) is 3.06. The smallest absolute Gasteiger partial charge is 0.244 e. The maximum absolute atomic E-state index is 13.3. The Morgan fingerprint density at radius 2 is 1.88 bits per heavy atom. The first-order valence-corrected chi connectivity index (χ1v) is 11.0. The van der Waals surface area contributed by atoms with Crippen LogP contribution in [0.5, 0.6) is 11.5 Å². The number of benzene rings is 2. The van der Waals surface area contributed by atoms with E-state index in [-0.39, 0.29) is 24.8 Å². The summed E-state index contributed by atoms with van der Waals surface area (Å²) in [5, 5.41) is 2.81. The summed E-state index contributed by atoms with van der Waals surface area (Å²) in [6.45, 7) is 1.88. The summed E-state index contributed by atoms with van der Waals surface area (Å²) in [4.78, 5) is 36.7. The molecule has 0 aliphatic carbocycles. The number of methoxy groups -OCH3 is 2. The lowest BCUT2D eigenvalue weighted by Gasteiger charge is -2.21. The standard InChI is InChI=1S/C26H26N4O4/c1-4-17-7-9-18(10-8-17)22-15-25(32)30(26-21(28-22)6-5-13-27-26)16-24(31)29-20-12-11-19(33-2)14-23(20)34-3/h5-14H,4,15-16H2,1-3H3,(H,29,31). The van der Waals surface area contributed by atoms with E-state index in [4.69, 9.17) is 14.5 Å². The SMILES string of the molecule is CCc1ccc(C2=Nc3cccnc3N(CC(=O)Nc3ccc(OC)cc3OC)C(=O)C2)cc1. The van der Waals surface area contributed by atoms with Crippen LogP contribution in [0.4, 0.5) is 17.2 Å². The van der Waals surface area contributed by atoms with Crippen LogP contribution in [0.3, 0.4) is 0 Å². The second-order valence-electron chi connectivity index (χ2n) is 7.73. The first kappa shape index (κ1) is 23.0. The molecule has 0 bridgehead atoms. The third-order valence-electron chi connectivity index (χ3n) is 5.58. The summed E-state index contributed by atoms with van der Waals surface area (Å²) in [6, 6.07) is 16.6. The van der Waals surface area contributed by atoms with Gasteiger partial charge in [-0.15, -0.1) is 0 Å². The van der Waals surface area contributed by atoms with Gasteiger partial charge < -0.3 is 14.8 Å². The fourth-order valence-electron chi connectivity index (χ4n) is 3.72. The maximum atomic E-state index is 13.3. The molecule has 1 aliphatic heterocycles. The Kier molecular flexibility index (Phi) is 6.87. The van der Waals surface area contributed by atoms with E-state index in [1.54, 1.807) is 43.6 Å². The van der Waals surface area contributed by atoms with Gasteiger partial charge in [0.15, 0.2) is 5.82 Å². The monoisotopic (exact) mass is 458 g/mol. The van der Waals surface area contributed by atoms with E-state index in [1.807, 2.05) is 24.3 Å². The highest BCUT2D eigenvalue weighted by Crippen LogP contribution is 2.32. The Balaban J connectivity index is 1.58. The summed E-state index contributed by atoms with van der Waals surface area (Å²) in [6.07, 6.45) is 2.57. The second-order valence-corrected chi connectivity index (χ2v) is 7.73. The number of aliphatic imine (C=N–C) groups is 1. The van der Waals surface area contributed by atoms with Crippen molar-refractivity contribution in [3.63, 3.8) is 0 Å². The van der Waals surface area contributed by atoms with Gasteiger partial charge in [0.2, 0.25) is 11.8 Å². The molecule has 1 aromatic heterocycles. The highest BCUT2D eigenvalue weighted by Gasteiger charge is 2.28. The molecule has 0 saturated heterocycles. The van der Waals surface area contributed by atoms with Crippen LogP contribution in [-0.4, -0.2) is 43.3 Å². The topological polar surface area (TPSA) is 93.1 Å². The van der Waals surface area contributed by atoms with Gasteiger partial charge in [-0.3, -0.25) is 14.5 Å². The molecule has 2 amide bonds. The molecule has 8 heteroatoms. The molecule has 2 heterocycles. The van der Waals surface area contributed by atoms with Crippen molar-refractivity contribution >= 4 is 34.7 Å². The number of pyridine rings is 1. The first-order valence-electron chi connectivity index (χ1n) is 11.0. The number of fused-ring (bicyclic) bond motifs is 1. The predicted molar refractivity (Wildman–Crippen MR) is 131 cm³/mol. The van der Waals surface area contributed by atoms with Crippen LogP contribution in [0.15, 0.2) is 65.8 Å². The van der Waals surface area contributed by atoms with Crippen molar-refractivity contribution in [1.82, 2.24) is 4.98 Å². The number of aryl methyl sites for hydroxylation is 1. The van der Waals surface area contributed by atoms with Crippen LogP contribution in [-0.2, 0) is 16.0 Å². The molecule has 0 unspecified atom stereocenters. The number of hydrogen-bond donors (Lipinski definition) is 1. The molecule has 2 aromatic carbocycles. The lowest BCUT2D eigenvalue weighted by atomic mass is 10.0. The molecule has 0 atom stereocenters. The van der Waals surface area contributed by atoms with E-state index in [2.05, 4.69) is 17.2 Å². The van der Waals surface area contributed by atoms with Crippen LogP contribution in [0.25, 0.3) is 0 Å². The van der Waals surface area contributed by atoms with Crippen molar-refractivity contribution in [3.05, 3.63) is 71.9 Å². The van der Waals surface area contributed by atoms with Crippen molar-refractivity contribution in [2.24, 2.45) is 4.99 Å². The van der Waals surface area contributed by atoms with Gasteiger partial charge in [0, 0.05) is 12.3 Å². The zero-order valence-electron chi connectivity index (χ0n) is 19.4. The number of nitrogens with zero attached hydrogens (tertiary/aromatic N) is 3. The van der Waals surface area contributed by atoms with Gasteiger partial charge in [-0.1, -0.05) is 31.2 Å². The average molecular weight is 459 g/mol. The Labute approximate surface area is 198 Å². The summed E-state index contributed by atoms with van der Waals surface area (Å²) in [5.41, 5.74) is 3.73. The molecular formula is C26H26N4O4. The lowest BCUT2D eigenvalue weighted by Crippen LogP contribution is -2.39. The molecular weight excluding hydrogens is 432 g/mol. The van der Waals surface area contributed by atoms with Crippen molar-refractivity contribution in [3.8, 4) is 11.5 Å². The number of hydrogen-bond acceptors (Lipinski definition) is 6. The Morgan fingerprint density at radius 1 is 1.09 bits per heavy atom.